The highest BCUT2D eigenvalue weighted by atomic mass is 32.2. The minimum Gasteiger partial charge on any atom is -0.495 e. The molecule has 2 rings (SSSR count). The summed E-state index contributed by atoms with van der Waals surface area (Å²) in [5.41, 5.74) is 0.622. The maximum absolute atomic E-state index is 12.3. The van der Waals surface area contributed by atoms with E-state index in [1.54, 1.807) is 12.1 Å². The van der Waals surface area contributed by atoms with Gasteiger partial charge in [-0.1, -0.05) is 18.9 Å². The first-order chi connectivity index (χ1) is 9.06. The highest BCUT2D eigenvalue weighted by molar-refractivity contribution is 7.89. The normalized spacial score (nSPS) is 16.7. The van der Waals surface area contributed by atoms with Crippen molar-refractivity contribution in [2.24, 2.45) is 0 Å². The molecule has 0 spiro atoms. The molecule has 0 amide bonds. The lowest BCUT2D eigenvalue weighted by Crippen LogP contribution is -2.32. The highest BCUT2D eigenvalue weighted by Crippen LogP contribution is 2.27. The summed E-state index contributed by atoms with van der Waals surface area (Å²) in [4.78, 5) is 0.124. The first-order valence-electron chi connectivity index (χ1n) is 6.37. The van der Waals surface area contributed by atoms with Gasteiger partial charge in [0.1, 0.15) is 10.6 Å². The summed E-state index contributed by atoms with van der Waals surface area (Å²) in [6.45, 7) is -0.146. The molecule has 6 heteroatoms. The monoisotopic (exact) mass is 285 g/mol. The lowest BCUT2D eigenvalue weighted by Gasteiger charge is -2.15. The number of hydrogen-bond donors (Lipinski definition) is 2. The molecule has 2 N–H and O–H groups in total. The number of benzene rings is 1. The van der Waals surface area contributed by atoms with Gasteiger partial charge in [-0.15, -0.1) is 0 Å². The molecular formula is C13H19NO4S. The van der Waals surface area contributed by atoms with Crippen LogP contribution in [0, 0.1) is 0 Å². The van der Waals surface area contributed by atoms with Gasteiger partial charge in [0.2, 0.25) is 10.0 Å². The summed E-state index contributed by atoms with van der Waals surface area (Å²) >= 11 is 0. The Bertz CT molecular complexity index is 536. The zero-order chi connectivity index (χ0) is 13.9. The van der Waals surface area contributed by atoms with Gasteiger partial charge in [0.05, 0.1) is 13.7 Å². The van der Waals surface area contributed by atoms with Gasteiger partial charge in [0, 0.05) is 6.04 Å². The average Bonchev–Trinajstić information content (AvgIpc) is 2.89. The van der Waals surface area contributed by atoms with Gasteiger partial charge in [-0.25, -0.2) is 13.1 Å². The maximum Gasteiger partial charge on any atom is 0.244 e. The molecule has 1 aromatic carbocycles. The number of ether oxygens (including phenoxy) is 1. The second-order valence-electron chi connectivity index (χ2n) is 4.75. The van der Waals surface area contributed by atoms with E-state index in [0.717, 1.165) is 25.7 Å². The van der Waals surface area contributed by atoms with Gasteiger partial charge < -0.3 is 9.84 Å². The van der Waals surface area contributed by atoms with Gasteiger partial charge in [0.15, 0.2) is 0 Å². The number of rotatable bonds is 5. The number of aliphatic hydroxyl groups excluding tert-OH is 1. The Labute approximate surface area is 113 Å². The largest absolute Gasteiger partial charge is 0.495 e. The van der Waals surface area contributed by atoms with Crippen molar-refractivity contribution in [2.45, 2.75) is 43.2 Å². The minimum atomic E-state index is -3.57. The Morgan fingerprint density at radius 1 is 1.37 bits per heavy atom. The van der Waals surface area contributed by atoms with Gasteiger partial charge >= 0.3 is 0 Å². The number of aliphatic hydroxyl groups is 1. The molecule has 1 aromatic rings. The number of nitrogens with one attached hydrogen (secondary N) is 1. The molecule has 0 saturated heterocycles. The van der Waals surface area contributed by atoms with E-state index in [9.17, 15) is 8.42 Å². The molecule has 1 saturated carbocycles. The van der Waals surface area contributed by atoms with E-state index in [2.05, 4.69) is 4.72 Å². The third kappa shape index (κ3) is 3.26. The summed E-state index contributed by atoms with van der Waals surface area (Å²) in [5, 5.41) is 9.06. The zero-order valence-corrected chi connectivity index (χ0v) is 11.7. The van der Waals surface area contributed by atoms with Crippen LogP contribution in [0.25, 0.3) is 0 Å². The summed E-state index contributed by atoms with van der Waals surface area (Å²) in [7, 11) is -2.15. The second-order valence-corrected chi connectivity index (χ2v) is 6.43. The fourth-order valence-corrected chi connectivity index (χ4v) is 3.81. The number of sulfonamides is 1. The predicted molar refractivity (Wildman–Crippen MR) is 71.5 cm³/mol. The maximum atomic E-state index is 12.3. The van der Waals surface area contributed by atoms with Crippen molar-refractivity contribution in [1.29, 1.82) is 0 Å². The first kappa shape index (κ1) is 14.3. The minimum absolute atomic E-state index is 0.0206. The Morgan fingerprint density at radius 3 is 2.63 bits per heavy atom. The summed E-state index contributed by atoms with van der Waals surface area (Å²) in [5.74, 6) is 0.261. The Morgan fingerprint density at radius 2 is 2.05 bits per heavy atom. The van der Waals surface area contributed by atoms with Gasteiger partial charge in [0.25, 0.3) is 0 Å². The van der Waals surface area contributed by atoms with E-state index < -0.39 is 10.0 Å². The second kappa shape index (κ2) is 5.90. The highest BCUT2D eigenvalue weighted by Gasteiger charge is 2.25. The van der Waals surface area contributed by atoms with Gasteiger partial charge in [-0.2, -0.15) is 0 Å². The van der Waals surface area contributed by atoms with Crippen LogP contribution in [0.1, 0.15) is 31.2 Å². The number of hydrogen-bond acceptors (Lipinski definition) is 4. The van der Waals surface area contributed by atoms with Crippen LogP contribution >= 0.6 is 0 Å². The van der Waals surface area contributed by atoms with Crippen LogP contribution in [0.4, 0.5) is 0 Å². The van der Waals surface area contributed by atoms with E-state index in [1.807, 2.05) is 0 Å². The van der Waals surface area contributed by atoms with E-state index in [0.29, 0.717) is 5.56 Å². The van der Waals surface area contributed by atoms with Crippen molar-refractivity contribution in [3.63, 3.8) is 0 Å². The summed E-state index contributed by atoms with van der Waals surface area (Å²) in [6.07, 6.45) is 3.90. The first-order valence-corrected chi connectivity index (χ1v) is 7.85. The van der Waals surface area contributed by atoms with Crippen LogP contribution in [0.3, 0.4) is 0 Å². The van der Waals surface area contributed by atoms with Crippen LogP contribution in [0.15, 0.2) is 23.1 Å². The molecule has 0 bridgehead atoms. The van der Waals surface area contributed by atoms with E-state index in [4.69, 9.17) is 9.84 Å². The van der Waals surface area contributed by atoms with Crippen molar-refractivity contribution in [3.05, 3.63) is 23.8 Å². The Hall–Kier alpha value is -1.11. The van der Waals surface area contributed by atoms with Crippen LogP contribution in [0.2, 0.25) is 0 Å². The van der Waals surface area contributed by atoms with E-state index >= 15 is 0 Å². The molecule has 5 nitrogen and oxygen atoms in total. The molecule has 0 aromatic heterocycles. The van der Waals surface area contributed by atoms with Gasteiger partial charge in [-0.3, -0.25) is 0 Å². The zero-order valence-electron chi connectivity index (χ0n) is 10.9. The van der Waals surface area contributed by atoms with E-state index in [1.165, 1.54) is 13.2 Å². The van der Waals surface area contributed by atoms with Crippen molar-refractivity contribution < 1.29 is 18.3 Å². The molecular weight excluding hydrogens is 266 g/mol. The molecule has 106 valence electrons. The molecule has 0 atom stereocenters. The lowest BCUT2D eigenvalue weighted by molar-refractivity contribution is 0.280. The number of methoxy groups -OCH3 is 1. The smallest absolute Gasteiger partial charge is 0.244 e. The summed E-state index contributed by atoms with van der Waals surface area (Å²) in [6, 6.07) is 4.63. The van der Waals surface area contributed by atoms with Crippen molar-refractivity contribution >= 4 is 10.0 Å². The third-order valence-electron chi connectivity index (χ3n) is 3.38. The topological polar surface area (TPSA) is 75.6 Å². The molecule has 1 aliphatic rings. The quantitative estimate of drug-likeness (QED) is 0.857. The average molecular weight is 285 g/mol. The van der Waals surface area contributed by atoms with Crippen molar-refractivity contribution in [2.75, 3.05) is 7.11 Å². The van der Waals surface area contributed by atoms with Crippen LogP contribution < -0.4 is 9.46 Å². The molecule has 0 heterocycles. The SMILES string of the molecule is COc1cc(CO)ccc1S(=O)(=O)NC1CCCC1. The molecule has 0 aliphatic heterocycles. The third-order valence-corrected chi connectivity index (χ3v) is 4.94. The standard InChI is InChI=1S/C13H19NO4S/c1-18-12-8-10(9-15)6-7-13(12)19(16,17)14-11-4-2-3-5-11/h6-8,11,14-15H,2-5,9H2,1H3. The van der Waals surface area contributed by atoms with E-state index in [-0.39, 0.29) is 23.3 Å². The molecule has 1 aliphatic carbocycles. The molecule has 1 fully saturated rings. The lowest BCUT2D eigenvalue weighted by atomic mass is 10.2. The van der Waals surface area contributed by atoms with Crippen LogP contribution in [0.5, 0.6) is 5.75 Å². The van der Waals surface area contributed by atoms with Crippen molar-refractivity contribution in [3.8, 4) is 5.75 Å². The van der Waals surface area contributed by atoms with Crippen LogP contribution in [-0.4, -0.2) is 26.7 Å². The van der Waals surface area contributed by atoms with Crippen LogP contribution in [-0.2, 0) is 16.6 Å². The fraction of sp³-hybridized carbons (Fsp3) is 0.538. The van der Waals surface area contributed by atoms with Gasteiger partial charge in [-0.05, 0) is 30.5 Å². The van der Waals surface area contributed by atoms with Crippen molar-refractivity contribution in [1.82, 2.24) is 4.72 Å². The Balaban J connectivity index is 2.28. The predicted octanol–water partition coefficient (Wildman–Crippen LogP) is 1.41. The fourth-order valence-electron chi connectivity index (χ4n) is 2.36. The summed E-state index contributed by atoms with van der Waals surface area (Å²) < 4.78 is 32.4. The molecule has 0 radical (unpaired) electrons. The molecule has 19 heavy (non-hydrogen) atoms. The Kier molecular flexibility index (Phi) is 4.44. The molecule has 0 unspecified atom stereocenters.